The van der Waals surface area contributed by atoms with Gasteiger partial charge < -0.3 is 20.2 Å². The van der Waals surface area contributed by atoms with Gasteiger partial charge >= 0.3 is 6.09 Å². The highest BCUT2D eigenvalue weighted by molar-refractivity contribution is 7.13. The molecule has 2 aromatic rings. The molecule has 1 aliphatic heterocycles. The highest BCUT2D eigenvalue weighted by atomic mass is 32.1. The van der Waals surface area contributed by atoms with Crippen LogP contribution in [0.2, 0.25) is 0 Å². The van der Waals surface area contributed by atoms with Crippen LogP contribution >= 0.6 is 11.3 Å². The molecule has 0 radical (unpaired) electrons. The molecule has 2 heterocycles. The van der Waals surface area contributed by atoms with Gasteiger partial charge in [-0.2, -0.15) is 0 Å². The number of hydrogen-bond donors (Lipinski definition) is 3. The highest BCUT2D eigenvalue weighted by Gasteiger charge is 2.40. The van der Waals surface area contributed by atoms with E-state index >= 15 is 0 Å². The molecule has 0 saturated carbocycles. The average molecular weight is 377 g/mol. The number of amides is 2. The number of thiazole rings is 1. The normalized spacial score (nSPS) is 19.6. The Morgan fingerprint density at radius 3 is 2.69 bits per heavy atom. The maximum atomic E-state index is 12.7. The van der Waals surface area contributed by atoms with Gasteiger partial charge in [0.05, 0.1) is 34.4 Å². The Hall–Kier alpha value is -2.65. The molecule has 0 spiro atoms. The SMILES string of the molecule is Cc1ncsc1-c1ccc(N(C)C(=O)[C@@H]2C[C@@H](O)CN2C(=O)O)c(O)c1. The van der Waals surface area contributed by atoms with Crippen LogP contribution in [0.1, 0.15) is 12.1 Å². The molecular formula is C17H19N3O5S. The highest BCUT2D eigenvalue weighted by Crippen LogP contribution is 2.35. The fourth-order valence-electron chi connectivity index (χ4n) is 3.13. The number of aromatic nitrogens is 1. The smallest absolute Gasteiger partial charge is 0.408 e. The Bertz CT molecular complexity index is 853. The first kappa shape index (κ1) is 18.2. The summed E-state index contributed by atoms with van der Waals surface area (Å²) in [5.41, 5.74) is 3.63. The number of β-amino-alcohol motifs (C(OH)–C–C–N with tert-alkyl or cyclic N) is 1. The Labute approximate surface area is 153 Å². The molecule has 1 aromatic heterocycles. The molecule has 138 valence electrons. The first-order valence-electron chi connectivity index (χ1n) is 7.98. The first-order valence-corrected chi connectivity index (χ1v) is 8.86. The summed E-state index contributed by atoms with van der Waals surface area (Å²) in [6.07, 6.45) is -2.10. The number of aryl methyl sites for hydroxylation is 1. The number of aliphatic hydroxyl groups excluding tert-OH is 1. The van der Waals surface area contributed by atoms with Gasteiger partial charge in [-0.1, -0.05) is 6.07 Å². The minimum Gasteiger partial charge on any atom is -0.506 e. The minimum atomic E-state index is -1.26. The van der Waals surface area contributed by atoms with E-state index in [1.807, 2.05) is 6.92 Å². The molecule has 1 aliphatic rings. The number of rotatable bonds is 3. The van der Waals surface area contributed by atoms with E-state index in [4.69, 9.17) is 0 Å². The number of likely N-dealkylation sites (tertiary alicyclic amines) is 1. The number of aromatic hydroxyl groups is 1. The third kappa shape index (κ3) is 3.23. The Kier molecular flexibility index (Phi) is 4.84. The molecule has 8 nitrogen and oxygen atoms in total. The summed E-state index contributed by atoms with van der Waals surface area (Å²) in [5.74, 6) is -0.590. The van der Waals surface area contributed by atoms with E-state index in [1.165, 1.54) is 23.3 Å². The summed E-state index contributed by atoms with van der Waals surface area (Å²) >= 11 is 1.45. The van der Waals surface area contributed by atoms with Crippen molar-refractivity contribution in [3.8, 4) is 16.2 Å². The lowest BCUT2D eigenvalue weighted by molar-refractivity contribution is -0.122. The molecule has 0 unspecified atom stereocenters. The fourth-order valence-corrected chi connectivity index (χ4v) is 3.93. The van der Waals surface area contributed by atoms with E-state index in [-0.39, 0.29) is 24.4 Å². The van der Waals surface area contributed by atoms with Gasteiger partial charge in [-0.25, -0.2) is 9.78 Å². The largest absolute Gasteiger partial charge is 0.506 e. The standard InChI is InChI=1S/C17H19N3O5S/c1-9-15(26-8-18-9)10-3-4-12(14(22)5-10)19(2)16(23)13-6-11(21)7-20(13)17(24)25/h3-5,8,11,13,21-22H,6-7H2,1-2H3,(H,24,25)/t11-,13+/m1/s1. The van der Waals surface area contributed by atoms with Crippen LogP contribution in [0.3, 0.4) is 0 Å². The maximum Gasteiger partial charge on any atom is 0.408 e. The van der Waals surface area contributed by atoms with Crippen LogP contribution in [0.25, 0.3) is 10.4 Å². The second-order valence-electron chi connectivity index (χ2n) is 6.21. The predicted octanol–water partition coefficient (Wildman–Crippen LogP) is 1.90. The number of carbonyl (C=O) groups excluding carboxylic acids is 1. The van der Waals surface area contributed by atoms with Gasteiger partial charge in [0.2, 0.25) is 5.91 Å². The molecule has 26 heavy (non-hydrogen) atoms. The van der Waals surface area contributed by atoms with Gasteiger partial charge in [0.1, 0.15) is 11.8 Å². The zero-order valence-electron chi connectivity index (χ0n) is 14.3. The lowest BCUT2D eigenvalue weighted by atomic mass is 10.1. The molecule has 1 saturated heterocycles. The molecular weight excluding hydrogens is 358 g/mol. The third-order valence-electron chi connectivity index (χ3n) is 4.48. The number of benzene rings is 1. The van der Waals surface area contributed by atoms with Crippen LogP contribution < -0.4 is 4.90 Å². The summed E-state index contributed by atoms with van der Waals surface area (Å²) in [6.45, 7) is 1.77. The van der Waals surface area contributed by atoms with Crippen LogP contribution in [0.4, 0.5) is 10.5 Å². The summed E-state index contributed by atoms with van der Waals surface area (Å²) in [5, 5.41) is 29.3. The van der Waals surface area contributed by atoms with Crippen molar-refractivity contribution in [2.75, 3.05) is 18.5 Å². The second-order valence-corrected chi connectivity index (χ2v) is 7.06. The summed E-state index contributed by atoms with van der Waals surface area (Å²) < 4.78 is 0. The van der Waals surface area contributed by atoms with E-state index in [9.17, 15) is 24.9 Å². The van der Waals surface area contributed by atoms with Crippen molar-refractivity contribution in [1.82, 2.24) is 9.88 Å². The van der Waals surface area contributed by atoms with Gasteiger partial charge in [-0.15, -0.1) is 11.3 Å². The zero-order chi connectivity index (χ0) is 19.0. The van der Waals surface area contributed by atoms with Crippen molar-refractivity contribution in [3.63, 3.8) is 0 Å². The van der Waals surface area contributed by atoms with E-state index in [2.05, 4.69) is 4.98 Å². The second kappa shape index (κ2) is 6.93. The number of phenols is 1. The summed E-state index contributed by atoms with van der Waals surface area (Å²) in [7, 11) is 1.47. The lowest BCUT2D eigenvalue weighted by Gasteiger charge is -2.26. The lowest BCUT2D eigenvalue weighted by Crippen LogP contribution is -2.46. The fraction of sp³-hybridized carbons (Fsp3) is 0.353. The van der Waals surface area contributed by atoms with Crippen LogP contribution in [0.5, 0.6) is 5.75 Å². The number of aliphatic hydroxyl groups is 1. The molecule has 2 atom stereocenters. The number of anilines is 1. The van der Waals surface area contributed by atoms with Gasteiger partial charge in [0.25, 0.3) is 0 Å². The number of likely N-dealkylation sites (N-methyl/N-ethyl adjacent to an activating group) is 1. The predicted molar refractivity (Wildman–Crippen MR) is 96.5 cm³/mol. The molecule has 0 bridgehead atoms. The van der Waals surface area contributed by atoms with E-state index in [0.717, 1.165) is 21.0 Å². The van der Waals surface area contributed by atoms with E-state index in [0.29, 0.717) is 0 Å². The average Bonchev–Trinajstić information content (AvgIpc) is 3.19. The van der Waals surface area contributed by atoms with Crippen LogP contribution in [0, 0.1) is 6.92 Å². The van der Waals surface area contributed by atoms with Gasteiger partial charge in [0, 0.05) is 13.5 Å². The van der Waals surface area contributed by atoms with Crippen molar-refractivity contribution in [2.45, 2.75) is 25.5 Å². The Morgan fingerprint density at radius 1 is 1.38 bits per heavy atom. The van der Waals surface area contributed by atoms with Crippen LogP contribution in [-0.4, -0.2) is 62.9 Å². The number of carboxylic acid groups (broad SMARTS) is 1. The molecule has 0 aliphatic carbocycles. The molecule has 3 N–H and O–H groups in total. The number of nitrogens with zero attached hydrogens (tertiary/aromatic N) is 3. The van der Waals surface area contributed by atoms with Crippen molar-refractivity contribution >= 4 is 29.0 Å². The minimum absolute atomic E-state index is 0.0361. The molecule has 3 rings (SSSR count). The number of phenolic OH excluding ortho intramolecular Hbond substituents is 1. The van der Waals surface area contributed by atoms with Crippen molar-refractivity contribution < 1.29 is 24.9 Å². The molecule has 9 heteroatoms. The van der Waals surface area contributed by atoms with Gasteiger partial charge in [-0.05, 0) is 24.6 Å². The molecule has 1 aromatic carbocycles. The van der Waals surface area contributed by atoms with Gasteiger partial charge in [0.15, 0.2) is 0 Å². The monoisotopic (exact) mass is 377 g/mol. The van der Waals surface area contributed by atoms with Crippen molar-refractivity contribution in [1.29, 1.82) is 0 Å². The number of carbonyl (C=O) groups is 2. The zero-order valence-corrected chi connectivity index (χ0v) is 15.1. The van der Waals surface area contributed by atoms with Crippen LogP contribution in [0.15, 0.2) is 23.7 Å². The summed E-state index contributed by atoms with van der Waals surface area (Å²) in [4.78, 5) is 31.3. The van der Waals surface area contributed by atoms with Gasteiger partial charge in [-0.3, -0.25) is 9.69 Å². The topological polar surface area (TPSA) is 114 Å². The Balaban J connectivity index is 1.85. The quantitative estimate of drug-likeness (QED) is 0.753. The Morgan fingerprint density at radius 2 is 2.12 bits per heavy atom. The third-order valence-corrected chi connectivity index (χ3v) is 5.46. The van der Waals surface area contributed by atoms with E-state index < -0.39 is 24.1 Å². The number of hydrogen-bond acceptors (Lipinski definition) is 6. The van der Waals surface area contributed by atoms with Crippen molar-refractivity contribution in [3.05, 3.63) is 29.4 Å². The van der Waals surface area contributed by atoms with E-state index in [1.54, 1.807) is 23.7 Å². The first-order chi connectivity index (χ1) is 12.3. The maximum absolute atomic E-state index is 12.7. The van der Waals surface area contributed by atoms with Crippen molar-refractivity contribution in [2.24, 2.45) is 0 Å². The molecule has 1 fully saturated rings. The van der Waals surface area contributed by atoms with Crippen LogP contribution in [-0.2, 0) is 4.79 Å². The summed E-state index contributed by atoms with van der Waals surface area (Å²) in [6, 6.07) is 3.96. The molecule has 2 amide bonds.